The standard InChI is InChI=1S/C6H11N3O5/c1-3-6(8(11)12,9(13)14)4-7-5(2)10/h3-4H2,1-2H3,(H,7,10). The maximum absolute atomic E-state index is 10.5. The van der Waals surface area contributed by atoms with E-state index in [0.717, 1.165) is 6.92 Å². The molecule has 0 spiro atoms. The lowest BCUT2D eigenvalue weighted by molar-refractivity contribution is -0.794. The first kappa shape index (κ1) is 12.3. The Kier molecular flexibility index (Phi) is 3.94. The van der Waals surface area contributed by atoms with Crippen molar-refractivity contribution in [1.82, 2.24) is 5.32 Å². The Morgan fingerprint density at radius 2 is 1.79 bits per heavy atom. The quantitative estimate of drug-likeness (QED) is 0.378. The second-order valence-corrected chi connectivity index (χ2v) is 2.76. The van der Waals surface area contributed by atoms with Crippen molar-refractivity contribution in [3.05, 3.63) is 20.2 Å². The molecule has 0 radical (unpaired) electrons. The van der Waals surface area contributed by atoms with E-state index in [4.69, 9.17) is 0 Å². The van der Waals surface area contributed by atoms with Crippen LogP contribution < -0.4 is 5.32 Å². The zero-order valence-electron chi connectivity index (χ0n) is 7.85. The van der Waals surface area contributed by atoms with Crippen LogP contribution in [0.5, 0.6) is 0 Å². The van der Waals surface area contributed by atoms with Gasteiger partial charge < -0.3 is 5.32 Å². The van der Waals surface area contributed by atoms with Crippen molar-refractivity contribution in [3.8, 4) is 0 Å². The highest BCUT2D eigenvalue weighted by Gasteiger charge is 2.54. The van der Waals surface area contributed by atoms with E-state index in [-0.39, 0.29) is 6.42 Å². The summed E-state index contributed by atoms with van der Waals surface area (Å²) in [6.45, 7) is 1.87. The van der Waals surface area contributed by atoms with E-state index >= 15 is 0 Å². The molecule has 1 N–H and O–H groups in total. The summed E-state index contributed by atoms with van der Waals surface area (Å²) < 4.78 is 0. The molecule has 0 saturated carbocycles. The summed E-state index contributed by atoms with van der Waals surface area (Å²) in [4.78, 5) is 29.6. The predicted molar refractivity (Wildman–Crippen MR) is 45.7 cm³/mol. The van der Waals surface area contributed by atoms with Crippen LogP contribution in [-0.2, 0) is 4.79 Å². The molecule has 14 heavy (non-hydrogen) atoms. The number of carbonyl (C=O) groups excluding carboxylic acids is 1. The monoisotopic (exact) mass is 205 g/mol. The van der Waals surface area contributed by atoms with Gasteiger partial charge in [-0.25, -0.2) is 0 Å². The van der Waals surface area contributed by atoms with Crippen molar-refractivity contribution in [2.24, 2.45) is 0 Å². The van der Waals surface area contributed by atoms with Gasteiger partial charge in [0.1, 0.15) is 9.85 Å². The predicted octanol–water partition coefficient (Wildman–Crippen LogP) is -0.218. The first-order chi connectivity index (χ1) is 6.36. The van der Waals surface area contributed by atoms with Gasteiger partial charge in [0.05, 0.1) is 6.42 Å². The van der Waals surface area contributed by atoms with Crippen molar-refractivity contribution in [2.75, 3.05) is 6.54 Å². The van der Waals surface area contributed by atoms with Crippen LogP contribution in [0.25, 0.3) is 0 Å². The van der Waals surface area contributed by atoms with Crippen molar-refractivity contribution in [2.45, 2.75) is 25.9 Å². The zero-order valence-corrected chi connectivity index (χ0v) is 7.85. The highest BCUT2D eigenvalue weighted by Crippen LogP contribution is 2.14. The maximum atomic E-state index is 10.5. The van der Waals surface area contributed by atoms with Gasteiger partial charge in [-0.2, -0.15) is 0 Å². The third-order valence-corrected chi connectivity index (χ3v) is 1.87. The minimum absolute atomic E-state index is 0.284. The number of amides is 1. The lowest BCUT2D eigenvalue weighted by Gasteiger charge is -2.15. The molecule has 0 aliphatic carbocycles. The molecule has 0 bridgehead atoms. The second kappa shape index (κ2) is 4.49. The Hall–Kier alpha value is -1.73. The van der Waals surface area contributed by atoms with Gasteiger partial charge in [0.25, 0.3) is 0 Å². The maximum Gasteiger partial charge on any atom is 0.474 e. The molecule has 1 amide bonds. The molecule has 0 saturated heterocycles. The number of hydrogen-bond donors (Lipinski definition) is 1. The van der Waals surface area contributed by atoms with Crippen molar-refractivity contribution in [1.29, 1.82) is 0 Å². The summed E-state index contributed by atoms with van der Waals surface area (Å²) in [5.41, 5.74) is -2.31. The van der Waals surface area contributed by atoms with Crippen LogP contribution in [0.1, 0.15) is 20.3 Å². The van der Waals surface area contributed by atoms with Crippen molar-refractivity contribution in [3.63, 3.8) is 0 Å². The number of nitrogens with zero attached hydrogens (tertiary/aromatic N) is 2. The van der Waals surface area contributed by atoms with Crippen molar-refractivity contribution >= 4 is 5.91 Å². The summed E-state index contributed by atoms with van der Waals surface area (Å²) in [6, 6.07) is 0. The van der Waals surface area contributed by atoms with Gasteiger partial charge in [0, 0.05) is 6.92 Å². The van der Waals surface area contributed by atoms with E-state index in [9.17, 15) is 25.0 Å². The van der Waals surface area contributed by atoms with Crippen molar-refractivity contribution < 1.29 is 14.6 Å². The molecule has 0 fully saturated rings. The van der Waals surface area contributed by atoms with E-state index in [1.807, 2.05) is 0 Å². The Morgan fingerprint density at radius 3 is 2.00 bits per heavy atom. The summed E-state index contributed by atoms with van der Waals surface area (Å²) in [5.74, 6) is -0.536. The number of nitrogens with one attached hydrogen (secondary N) is 1. The molecule has 0 aromatic rings. The van der Waals surface area contributed by atoms with Gasteiger partial charge in [-0.1, -0.05) is 6.92 Å². The van der Waals surface area contributed by atoms with Crippen LogP contribution >= 0.6 is 0 Å². The number of hydrogen-bond acceptors (Lipinski definition) is 5. The Labute approximate surface area is 79.6 Å². The molecule has 80 valence electrons. The van der Waals surface area contributed by atoms with Gasteiger partial charge >= 0.3 is 5.66 Å². The lowest BCUT2D eigenvalue weighted by atomic mass is 10.1. The van der Waals surface area contributed by atoms with E-state index < -0.39 is 28.0 Å². The van der Waals surface area contributed by atoms with Gasteiger partial charge in [0.15, 0.2) is 6.54 Å². The third kappa shape index (κ3) is 2.38. The van der Waals surface area contributed by atoms with E-state index in [1.165, 1.54) is 6.92 Å². The van der Waals surface area contributed by atoms with Crippen LogP contribution in [0.2, 0.25) is 0 Å². The van der Waals surface area contributed by atoms with Crippen LogP contribution in [0.3, 0.4) is 0 Å². The summed E-state index contributed by atoms with van der Waals surface area (Å²) in [7, 11) is 0. The highest BCUT2D eigenvalue weighted by atomic mass is 16.7. The molecule has 8 heteroatoms. The first-order valence-electron chi connectivity index (χ1n) is 3.90. The topological polar surface area (TPSA) is 115 Å². The summed E-state index contributed by atoms with van der Waals surface area (Å²) >= 11 is 0. The van der Waals surface area contributed by atoms with E-state index in [2.05, 4.69) is 5.32 Å². The molecule has 0 aliphatic heterocycles. The van der Waals surface area contributed by atoms with Crippen LogP contribution in [0.15, 0.2) is 0 Å². The van der Waals surface area contributed by atoms with Gasteiger partial charge in [-0.3, -0.25) is 25.0 Å². The normalized spacial score (nSPS) is 10.7. The number of rotatable bonds is 5. The molecule has 0 atom stereocenters. The highest BCUT2D eigenvalue weighted by molar-refractivity contribution is 5.72. The lowest BCUT2D eigenvalue weighted by Crippen LogP contribution is -2.54. The van der Waals surface area contributed by atoms with Gasteiger partial charge in [0.2, 0.25) is 5.91 Å². The molecule has 0 unspecified atom stereocenters. The van der Waals surface area contributed by atoms with Crippen LogP contribution in [0, 0.1) is 20.2 Å². The Balaban J connectivity index is 4.77. The van der Waals surface area contributed by atoms with Crippen LogP contribution in [0.4, 0.5) is 0 Å². The average Bonchev–Trinajstić information content (AvgIpc) is 2.04. The van der Waals surface area contributed by atoms with Gasteiger partial charge in [-0.05, 0) is 0 Å². The minimum atomic E-state index is -2.31. The number of nitro groups is 2. The SMILES string of the molecule is CCC(CNC(C)=O)([N+](=O)[O-])[N+](=O)[O-]. The molecule has 0 aromatic carbocycles. The van der Waals surface area contributed by atoms with Gasteiger partial charge in [-0.15, -0.1) is 0 Å². The fourth-order valence-electron chi connectivity index (χ4n) is 0.845. The first-order valence-corrected chi connectivity index (χ1v) is 3.90. The fraction of sp³-hybridized carbons (Fsp3) is 0.833. The molecule has 0 rings (SSSR count). The largest absolute Gasteiger partial charge is 0.474 e. The Bertz CT molecular complexity index is 250. The van der Waals surface area contributed by atoms with E-state index in [1.54, 1.807) is 0 Å². The molecule has 8 nitrogen and oxygen atoms in total. The Morgan fingerprint density at radius 1 is 1.36 bits per heavy atom. The minimum Gasteiger partial charge on any atom is -0.343 e. The van der Waals surface area contributed by atoms with Crippen LogP contribution in [-0.4, -0.2) is 28.0 Å². The summed E-state index contributed by atoms with van der Waals surface area (Å²) in [5, 5.41) is 23.1. The molecule has 0 heterocycles. The molecular weight excluding hydrogens is 194 g/mol. The number of carbonyl (C=O) groups is 1. The molecule has 0 aromatic heterocycles. The summed E-state index contributed by atoms with van der Waals surface area (Å²) in [6.07, 6.45) is -0.284. The smallest absolute Gasteiger partial charge is 0.343 e. The molecule has 0 aliphatic rings. The van der Waals surface area contributed by atoms with E-state index in [0.29, 0.717) is 0 Å². The third-order valence-electron chi connectivity index (χ3n) is 1.87. The molecular formula is C6H11N3O5. The average molecular weight is 205 g/mol. The zero-order chi connectivity index (χ0) is 11.4. The second-order valence-electron chi connectivity index (χ2n) is 2.76. The fourth-order valence-corrected chi connectivity index (χ4v) is 0.845.